The zero-order valence-corrected chi connectivity index (χ0v) is 10.6. The van der Waals surface area contributed by atoms with Crippen molar-refractivity contribution in [3.8, 4) is 11.1 Å². The van der Waals surface area contributed by atoms with E-state index in [4.69, 9.17) is 16.3 Å². The summed E-state index contributed by atoms with van der Waals surface area (Å²) in [4.78, 5) is 0. The lowest BCUT2D eigenvalue weighted by Gasteiger charge is -2.06. The molecule has 0 saturated heterocycles. The van der Waals surface area contributed by atoms with Crippen LogP contribution in [0.1, 0.15) is 12.5 Å². The minimum atomic E-state index is 0.666. The summed E-state index contributed by atoms with van der Waals surface area (Å²) in [5.41, 5.74) is 3.38. The van der Waals surface area contributed by atoms with E-state index >= 15 is 0 Å². The highest BCUT2D eigenvalue weighted by atomic mass is 35.5. The maximum Gasteiger partial charge on any atom is 0.0716 e. The van der Waals surface area contributed by atoms with Gasteiger partial charge in [0, 0.05) is 17.2 Å². The minimum absolute atomic E-state index is 0.666. The second-order valence-corrected chi connectivity index (χ2v) is 4.22. The first kappa shape index (κ1) is 12.2. The first-order valence-electron chi connectivity index (χ1n) is 5.73. The van der Waals surface area contributed by atoms with Crippen LogP contribution in [0.25, 0.3) is 11.1 Å². The third-order valence-electron chi connectivity index (χ3n) is 2.61. The van der Waals surface area contributed by atoms with Crippen LogP contribution in [-0.2, 0) is 11.3 Å². The Bertz CT molecular complexity index is 477. The average Bonchev–Trinajstić information content (AvgIpc) is 2.38. The van der Waals surface area contributed by atoms with E-state index in [1.807, 2.05) is 31.2 Å². The SMILES string of the molecule is CCOCc1ccc(-c2ccccc2Cl)cc1. The fourth-order valence-electron chi connectivity index (χ4n) is 1.70. The van der Waals surface area contributed by atoms with Gasteiger partial charge in [0.1, 0.15) is 0 Å². The molecule has 0 saturated carbocycles. The molecule has 0 aliphatic heterocycles. The van der Waals surface area contributed by atoms with Crippen molar-refractivity contribution in [3.05, 3.63) is 59.1 Å². The van der Waals surface area contributed by atoms with Gasteiger partial charge in [-0.1, -0.05) is 54.1 Å². The van der Waals surface area contributed by atoms with E-state index in [0.29, 0.717) is 6.61 Å². The van der Waals surface area contributed by atoms with Gasteiger partial charge in [-0.2, -0.15) is 0 Å². The molecule has 0 N–H and O–H groups in total. The summed E-state index contributed by atoms with van der Waals surface area (Å²) in [5, 5.41) is 0.782. The van der Waals surface area contributed by atoms with Crippen molar-refractivity contribution in [2.24, 2.45) is 0 Å². The third-order valence-corrected chi connectivity index (χ3v) is 2.94. The van der Waals surface area contributed by atoms with Crippen molar-refractivity contribution in [1.82, 2.24) is 0 Å². The predicted molar refractivity (Wildman–Crippen MR) is 72.2 cm³/mol. The second-order valence-electron chi connectivity index (χ2n) is 3.81. The number of benzene rings is 2. The summed E-state index contributed by atoms with van der Waals surface area (Å²) < 4.78 is 5.36. The van der Waals surface area contributed by atoms with Crippen LogP contribution in [0.5, 0.6) is 0 Å². The van der Waals surface area contributed by atoms with Crippen LogP contribution in [0.4, 0.5) is 0 Å². The molecule has 0 heterocycles. The van der Waals surface area contributed by atoms with Crippen molar-refractivity contribution < 1.29 is 4.74 Å². The minimum Gasteiger partial charge on any atom is -0.377 e. The Labute approximate surface area is 107 Å². The Morgan fingerprint density at radius 3 is 2.35 bits per heavy atom. The lowest BCUT2D eigenvalue weighted by molar-refractivity contribution is 0.134. The van der Waals surface area contributed by atoms with Crippen molar-refractivity contribution in [2.45, 2.75) is 13.5 Å². The van der Waals surface area contributed by atoms with Crippen molar-refractivity contribution in [1.29, 1.82) is 0 Å². The number of hydrogen-bond acceptors (Lipinski definition) is 1. The van der Waals surface area contributed by atoms with Crippen LogP contribution < -0.4 is 0 Å². The summed E-state index contributed by atoms with van der Waals surface area (Å²) in [5.74, 6) is 0. The van der Waals surface area contributed by atoms with Gasteiger partial charge in [0.25, 0.3) is 0 Å². The standard InChI is InChI=1S/C15H15ClO/c1-2-17-11-12-7-9-13(10-8-12)14-5-3-4-6-15(14)16/h3-10H,2,11H2,1H3. The molecule has 0 radical (unpaired) electrons. The normalized spacial score (nSPS) is 10.5. The van der Waals surface area contributed by atoms with E-state index in [1.165, 1.54) is 5.56 Å². The Balaban J connectivity index is 2.21. The molecule has 2 aromatic carbocycles. The number of hydrogen-bond donors (Lipinski definition) is 0. The van der Waals surface area contributed by atoms with Crippen LogP contribution in [0.15, 0.2) is 48.5 Å². The molecule has 0 atom stereocenters. The van der Waals surface area contributed by atoms with Crippen LogP contribution in [-0.4, -0.2) is 6.61 Å². The highest BCUT2D eigenvalue weighted by molar-refractivity contribution is 6.33. The maximum atomic E-state index is 6.16. The van der Waals surface area contributed by atoms with Gasteiger partial charge in [-0.05, 0) is 24.1 Å². The molecule has 0 fully saturated rings. The van der Waals surface area contributed by atoms with Gasteiger partial charge in [-0.3, -0.25) is 0 Å². The van der Waals surface area contributed by atoms with E-state index in [0.717, 1.165) is 22.8 Å². The largest absolute Gasteiger partial charge is 0.377 e. The lowest BCUT2D eigenvalue weighted by Crippen LogP contribution is -1.91. The average molecular weight is 247 g/mol. The topological polar surface area (TPSA) is 9.23 Å². The summed E-state index contributed by atoms with van der Waals surface area (Å²) in [6.45, 7) is 3.41. The molecular weight excluding hydrogens is 232 g/mol. The predicted octanol–water partition coefficient (Wildman–Crippen LogP) is 4.54. The molecule has 2 rings (SSSR count). The van der Waals surface area contributed by atoms with E-state index in [-0.39, 0.29) is 0 Å². The smallest absolute Gasteiger partial charge is 0.0716 e. The molecule has 0 bridgehead atoms. The van der Waals surface area contributed by atoms with Crippen LogP contribution in [0, 0.1) is 0 Å². The Morgan fingerprint density at radius 1 is 1.00 bits per heavy atom. The molecule has 0 amide bonds. The second kappa shape index (κ2) is 5.85. The van der Waals surface area contributed by atoms with Gasteiger partial charge < -0.3 is 4.74 Å². The molecule has 1 nitrogen and oxygen atoms in total. The zero-order chi connectivity index (χ0) is 12.1. The third kappa shape index (κ3) is 3.09. The number of rotatable bonds is 4. The number of halogens is 1. The van der Waals surface area contributed by atoms with Gasteiger partial charge in [0.15, 0.2) is 0 Å². The van der Waals surface area contributed by atoms with Crippen molar-refractivity contribution in [3.63, 3.8) is 0 Å². The molecule has 0 aromatic heterocycles. The lowest BCUT2D eigenvalue weighted by atomic mass is 10.0. The van der Waals surface area contributed by atoms with E-state index in [9.17, 15) is 0 Å². The van der Waals surface area contributed by atoms with E-state index in [2.05, 4.69) is 24.3 Å². The van der Waals surface area contributed by atoms with E-state index in [1.54, 1.807) is 0 Å². The molecular formula is C15H15ClO. The van der Waals surface area contributed by atoms with Gasteiger partial charge in [-0.15, -0.1) is 0 Å². The monoisotopic (exact) mass is 246 g/mol. The number of ether oxygens (including phenoxy) is 1. The molecule has 88 valence electrons. The van der Waals surface area contributed by atoms with Crippen molar-refractivity contribution in [2.75, 3.05) is 6.61 Å². The Kier molecular flexibility index (Phi) is 4.18. The first-order valence-corrected chi connectivity index (χ1v) is 6.10. The first-order chi connectivity index (χ1) is 8.31. The molecule has 17 heavy (non-hydrogen) atoms. The molecule has 2 aromatic rings. The molecule has 0 spiro atoms. The van der Waals surface area contributed by atoms with Gasteiger partial charge in [0.05, 0.1) is 6.61 Å². The fraction of sp³-hybridized carbons (Fsp3) is 0.200. The van der Waals surface area contributed by atoms with Crippen LogP contribution in [0.3, 0.4) is 0 Å². The van der Waals surface area contributed by atoms with Crippen molar-refractivity contribution >= 4 is 11.6 Å². The summed E-state index contributed by atoms with van der Waals surface area (Å²) in [6, 6.07) is 16.2. The molecule has 0 aliphatic carbocycles. The van der Waals surface area contributed by atoms with Crippen LogP contribution in [0.2, 0.25) is 5.02 Å². The Morgan fingerprint density at radius 2 is 1.71 bits per heavy atom. The molecule has 2 heteroatoms. The van der Waals surface area contributed by atoms with Crippen LogP contribution >= 0.6 is 11.6 Å². The van der Waals surface area contributed by atoms with Gasteiger partial charge >= 0.3 is 0 Å². The van der Waals surface area contributed by atoms with Gasteiger partial charge in [-0.25, -0.2) is 0 Å². The maximum absolute atomic E-state index is 6.16. The summed E-state index contributed by atoms with van der Waals surface area (Å²) in [7, 11) is 0. The Hall–Kier alpha value is -1.31. The summed E-state index contributed by atoms with van der Waals surface area (Å²) >= 11 is 6.16. The van der Waals surface area contributed by atoms with E-state index < -0.39 is 0 Å². The highest BCUT2D eigenvalue weighted by Crippen LogP contribution is 2.27. The molecule has 0 aliphatic rings. The summed E-state index contributed by atoms with van der Waals surface area (Å²) in [6.07, 6.45) is 0. The van der Waals surface area contributed by atoms with Gasteiger partial charge in [0.2, 0.25) is 0 Å². The highest BCUT2D eigenvalue weighted by Gasteiger charge is 2.02. The quantitative estimate of drug-likeness (QED) is 0.769. The zero-order valence-electron chi connectivity index (χ0n) is 9.82. The molecule has 0 unspecified atom stereocenters. The fourth-order valence-corrected chi connectivity index (χ4v) is 1.94.